The third kappa shape index (κ3) is 4.88. The SMILES string of the molecule is CS(=O)(=O)Nc1ccc(N2C(=S)N[C@H](c3ccccn3)[C@H]2c2cccn2-c2cccc(Cl)c2)cc1. The van der Waals surface area contributed by atoms with Crippen molar-refractivity contribution >= 4 is 50.3 Å². The minimum atomic E-state index is -3.37. The molecule has 1 aliphatic heterocycles. The monoisotopic (exact) mass is 523 g/mol. The van der Waals surface area contributed by atoms with Gasteiger partial charge in [0, 0.05) is 40.2 Å². The number of hydrogen-bond donors (Lipinski definition) is 2. The van der Waals surface area contributed by atoms with E-state index in [0.29, 0.717) is 15.8 Å². The van der Waals surface area contributed by atoms with E-state index < -0.39 is 10.0 Å². The average molecular weight is 524 g/mol. The second kappa shape index (κ2) is 9.33. The number of halogens is 1. The van der Waals surface area contributed by atoms with Crippen LogP contribution in [-0.2, 0) is 10.0 Å². The van der Waals surface area contributed by atoms with Gasteiger partial charge in [-0.15, -0.1) is 0 Å². The Hall–Kier alpha value is -3.40. The van der Waals surface area contributed by atoms with Crippen molar-refractivity contribution in [3.63, 3.8) is 0 Å². The molecule has 0 radical (unpaired) electrons. The van der Waals surface area contributed by atoms with E-state index in [2.05, 4.69) is 25.7 Å². The fourth-order valence-electron chi connectivity index (χ4n) is 4.33. The fourth-order valence-corrected chi connectivity index (χ4v) is 5.43. The van der Waals surface area contributed by atoms with Crippen LogP contribution in [0.1, 0.15) is 23.5 Å². The molecule has 0 amide bonds. The van der Waals surface area contributed by atoms with Crippen molar-refractivity contribution in [2.24, 2.45) is 0 Å². The molecule has 0 spiro atoms. The van der Waals surface area contributed by atoms with Crippen LogP contribution in [0, 0.1) is 0 Å². The number of thiocarbonyl (C=S) groups is 1. The van der Waals surface area contributed by atoms with Gasteiger partial charge in [-0.05, 0) is 78.9 Å². The highest BCUT2D eigenvalue weighted by atomic mass is 35.5. The van der Waals surface area contributed by atoms with Gasteiger partial charge >= 0.3 is 0 Å². The number of nitrogens with one attached hydrogen (secondary N) is 2. The Morgan fingerprint density at radius 3 is 2.49 bits per heavy atom. The number of aromatic nitrogens is 2. The lowest BCUT2D eigenvalue weighted by molar-refractivity contribution is 0.549. The summed E-state index contributed by atoms with van der Waals surface area (Å²) in [5.74, 6) is 0. The first kappa shape index (κ1) is 23.3. The highest BCUT2D eigenvalue weighted by Crippen LogP contribution is 2.42. The maximum Gasteiger partial charge on any atom is 0.229 e. The summed E-state index contributed by atoms with van der Waals surface area (Å²) in [4.78, 5) is 6.64. The van der Waals surface area contributed by atoms with Gasteiger partial charge in [-0.3, -0.25) is 9.71 Å². The zero-order chi connectivity index (χ0) is 24.6. The van der Waals surface area contributed by atoms with E-state index in [9.17, 15) is 8.42 Å². The highest BCUT2D eigenvalue weighted by molar-refractivity contribution is 7.92. The third-order valence-corrected chi connectivity index (χ3v) is 6.87. The number of anilines is 2. The Kier molecular flexibility index (Phi) is 6.22. The second-order valence-corrected chi connectivity index (χ2v) is 10.8. The molecule has 4 aromatic rings. The van der Waals surface area contributed by atoms with Crippen molar-refractivity contribution in [3.05, 3.63) is 108 Å². The predicted molar refractivity (Wildman–Crippen MR) is 144 cm³/mol. The van der Waals surface area contributed by atoms with E-state index in [4.69, 9.17) is 23.8 Å². The Bertz CT molecular complexity index is 1470. The van der Waals surface area contributed by atoms with Crippen molar-refractivity contribution in [2.75, 3.05) is 15.9 Å². The second-order valence-electron chi connectivity index (χ2n) is 8.20. The van der Waals surface area contributed by atoms with Gasteiger partial charge in [-0.25, -0.2) is 8.42 Å². The number of rotatable bonds is 6. The van der Waals surface area contributed by atoms with Gasteiger partial charge in [0.2, 0.25) is 10.0 Å². The molecule has 2 atom stereocenters. The van der Waals surface area contributed by atoms with Crippen molar-refractivity contribution in [2.45, 2.75) is 12.1 Å². The zero-order valence-electron chi connectivity index (χ0n) is 18.7. The van der Waals surface area contributed by atoms with Gasteiger partial charge in [-0.1, -0.05) is 23.7 Å². The molecule has 2 aromatic carbocycles. The summed E-state index contributed by atoms with van der Waals surface area (Å²) in [6, 6.07) is 24.2. The summed E-state index contributed by atoms with van der Waals surface area (Å²) in [5.41, 5.74) is 4.09. The summed E-state index contributed by atoms with van der Waals surface area (Å²) < 4.78 is 27.8. The molecule has 0 unspecified atom stereocenters. The van der Waals surface area contributed by atoms with Crippen LogP contribution in [0.4, 0.5) is 11.4 Å². The van der Waals surface area contributed by atoms with Gasteiger partial charge in [0.1, 0.15) is 6.04 Å². The van der Waals surface area contributed by atoms with Crippen molar-refractivity contribution in [1.29, 1.82) is 0 Å². The molecule has 178 valence electrons. The lowest BCUT2D eigenvalue weighted by Crippen LogP contribution is -2.30. The van der Waals surface area contributed by atoms with Crippen molar-refractivity contribution in [3.8, 4) is 5.69 Å². The molecule has 0 bridgehead atoms. The third-order valence-electron chi connectivity index (χ3n) is 5.72. The van der Waals surface area contributed by atoms with Crippen LogP contribution in [0.2, 0.25) is 5.02 Å². The highest BCUT2D eigenvalue weighted by Gasteiger charge is 2.42. The number of benzene rings is 2. The zero-order valence-corrected chi connectivity index (χ0v) is 21.1. The van der Waals surface area contributed by atoms with Crippen LogP contribution in [-0.4, -0.2) is 29.3 Å². The topological polar surface area (TPSA) is 79.3 Å². The first-order chi connectivity index (χ1) is 16.8. The van der Waals surface area contributed by atoms with Crippen LogP contribution in [0.3, 0.4) is 0 Å². The molecule has 1 aliphatic rings. The largest absolute Gasteiger partial charge is 0.351 e. The molecule has 0 aliphatic carbocycles. The molecule has 3 heterocycles. The number of pyridine rings is 1. The standard InChI is InChI=1S/C25H22ClN5O2S2/c1-35(32,33)29-18-10-12-19(13-11-18)31-24(23(28-25(31)34)21-8-2-3-14-27-21)22-9-5-15-30(22)20-7-4-6-17(26)16-20/h2-16,23-24,29H,1H3,(H,28,34)/t23-,24-/m1/s1. The molecule has 7 nitrogen and oxygen atoms in total. The summed E-state index contributed by atoms with van der Waals surface area (Å²) in [6.45, 7) is 0. The Labute approximate surface area is 214 Å². The maximum absolute atomic E-state index is 11.6. The van der Waals surface area contributed by atoms with E-state index in [0.717, 1.165) is 29.0 Å². The van der Waals surface area contributed by atoms with Gasteiger partial charge in [0.25, 0.3) is 0 Å². The minimum absolute atomic E-state index is 0.217. The fraction of sp³-hybridized carbons (Fsp3) is 0.120. The van der Waals surface area contributed by atoms with E-state index in [1.54, 1.807) is 18.3 Å². The quantitative estimate of drug-likeness (QED) is 0.343. The lowest BCUT2D eigenvalue weighted by Gasteiger charge is -2.29. The van der Waals surface area contributed by atoms with Gasteiger partial charge in [-0.2, -0.15) is 0 Å². The minimum Gasteiger partial charge on any atom is -0.351 e. The number of sulfonamides is 1. The molecule has 35 heavy (non-hydrogen) atoms. The molecule has 1 saturated heterocycles. The summed E-state index contributed by atoms with van der Waals surface area (Å²) in [6.07, 6.45) is 4.88. The van der Waals surface area contributed by atoms with Crippen LogP contribution >= 0.6 is 23.8 Å². The van der Waals surface area contributed by atoms with Gasteiger partial charge in [0.05, 0.1) is 18.0 Å². The molecule has 0 saturated carbocycles. The molecule has 1 fully saturated rings. The summed E-state index contributed by atoms with van der Waals surface area (Å²) in [7, 11) is -3.37. The summed E-state index contributed by atoms with van der Waals surface area (Å²) in [5, 5.41) is 4.64. The summed E-state index contributed by atoms with van der Waals surface area (Å²) >= 11 is 12.1. The van der Waals surface area contributed by atoms with E-state index in [-0.39, 0.29) is 12.1 Å². The molecular weight excluding hydrogens is 502 g/mol. The van der Waals surface area contributed by atoms with E-state index in [1.165, 1.54) is 0 Å². The van der Waals surface area contributed by atoms with Crippen molar-refractivity contribution < 1.29 is 8.42 Å². The lowest BCUT2D eigenvalue weighted by atomic mass is 10.0. The van der Waals surface area contributed by atoms with E-state index >= 15 is 0 Å². The first-order valence-corrected chi connectivity index (χ1v) is 13.5. The average Bonchev–Trinajstić information content (AvgIpc) is 3.43. The first-order valence-electron chi connectivity index (χ1n) is 10.8. The normalized spacial score (nSPS) is 17.9. The molecule has 2 aromatic heterocycles. The molecule has 10 heteroatoms. The van der Waals surface area contributed by atoms with Crippen LogP contribution in [0.15, 0.2) is 91.3 Å². The predicted octanol–water partition coefficient (Wildman–Crippen LogP) is 5.07. The van der Waals surface area contributed by atoms with Gasteiger partial charge < -0.3 is 14.8 Å². The van der Waals surface area contributed by atoms with E-state index in [1.807, 2.05) is 71.8 Å². The number of nitrogens with zero attached hydrogens (tertiary/aromatic N) is 3. The smallest absolute Gasteiger partial charge is 0.229 e. The van der Waals surface area contributed by atoms with Gasteiger partial charge in [0.15, 0.2) is 5.11 Å². The Morgan fingerprint density at radius 1 is 1.00 bits per heavy atom. The Morgan fingerprint density at radius 2 is 1.80 bits per heavy atom. The molecule has 2 N–H and O–H groups in total. The molecular formula is C25H22ClN5O2S2. The maximum atomic E-state index is 11.6. The van der Waals surface area contributed by atoms with Crippen molar-refractivity contribution in [1.82, 2.24) is 14.9 Å². The Balaban J connectivity index is 1.61. The number of hydrogen-bond acceptors (Lipinski definition) is 4. The molecule has 5 rings (SSSR count). The van der Waals surface area contributed by atoms with Crippen LogP contribution < -0.4 is 14.9 Å². The van der Waals surface area contributed by atoms with Crippen LogP contribution in [0.25, 0.3) is 5.69 Å². The van der Waals surface area contributed by atoms with Crippen LogP contribution in [0.5, 0.6) is 0 Å².